The Morgan fingerprint density at radius 3 is 2.55 bits per heavy atom. The highest BCUT2D eigenvalue weighted by Gasteiger charge is 2.20. The van der Waals surface area contributed by atoms with E-state index in [4.69, 9.17) is 10.0 Å². The Balaban J connectivity index is 3.18. The van der Waals surface area contributed by atoms with Gasteiger partial charge in [0.2, 0.25) is 0 Å². The Morgan fingerprint density at radius 2 is 2.09 bits per heavy atom. The summed E-state index contributed by atoms with van der Waals surface area (Å²) in [4.78, 5) is 10.4. The largest absolute Gasteiger partial charge is 0.579 e. The molecular weight excluding hydrogens is 147 g/mol. The van der Waals surface area contributed by atoms with Gasteiger partial charge in [0.15, 0.2) is 0 Å². The van der Waals surface area contributed by atoms with Crippen molar-refractivity contribution < 1.29 is 19.6 Å². The highest BCUT2D eigenvalue weighted by atomic mass is 16.6. The second-order valence-electron chi connectivity index (χ2n) is 2.25. The summed E-state index contributed by atoms with van der Waals surface area (Å²) in [6, 6.07) is 0. The van der Waals surface area contributed by atoms with Crippen molar-refractivity contribution in [2.24, 2.45) is 0 Å². The fourth-order valence-corrected chi connectivity index (χ4v) is 0.599. The summed E-state index contributed by atoms with van der Waals surface area (Å²) in [6.07, 6.45) is 2.79. The summed E-state index contributed by atoms with van der Waals surface area (Å²) in [7, 11) is -1.99. The van der Waals surface area contributed by atoms with Crippen LogP contribution < -0.4 is 0 Å². The Labute approximate surface area is 66.3 Å². The van der Waals surface area contributed by atoms with Gasteiger partial charge in [0.1, 0.15) is 0 Å². The van der Waals surface area contributed by atoms with Gasteiger partial charge < -0.3 is 14.8 Å². The lowest BCUT2D eigenvalue weighted by atomic mass is 9.93. The van der Waals surface area contributed by atoms with Crippen LogP contribution >= 0.6 is 0 Å². The van der Waals surface area contributed by atoms with Crippen LogP contribution in [0.25, 0.3) is 0 Å². The molecule has 0 unspecified atom stereocenters. The van der Waals surface area contributed by atoms with Crippen molar-refractivity contribution in [1.29, 1.82) is 0 Å². The van der Waals surface area contributed by atoms with E-state index in [1.807, 2.05) is 6.92 Å². The molecule has 5 heteroatoms. The fraction of sp³-hybridized carbons (Fsp3) is 0.833. The van der Waals surface area contributed by atoms with Crippen LogP contribution in [0.3, 0.4) is 0 Å². The predicted octanol–water partition coefficient (Wildman–Crippen LogP) is 0.368. The molecule has 0 aromatic rings. The van der Waals surface area contributed by atoms with Crippen LogP contribution in [-0.4, -0.2) is 29.6 Å². The van der Waals surface area contributed by atoms with E-state index in [9.17, 15) is 4.79 Å². The molecule has 0 aromatic carbocycles. The molecule has 0 aliphatic heterocycles. The maximum atomic E-state index is 10.4. The molecule has 0 spiro atoms. The molecule has 11 heavy (non-hydrogen) atoms. The van der Waals surface area contributed by atoms with Crippen molar-refractivity contribution in [3.8, 4) is 0 Å². The van der Waals surface area contributed by atoms with Gasteiger partial charge in [-0.1, -0.05) is 19.8 Å². The lowest BCUT2D eigenvalue weighted by Crippen LogP contribution is -2.26. The highest BCUT2D eigenvalue weighted by molar-refractivity contribution is 6.76. The minimum atomic E-state index is -1.99. The second kappa shape index (κ2) is 6.18. The molecule has 0 saturated carbocycles. The molecule has 2 N–H and O–H groups in total. The van der Waals surface area contributed by atoms with Gasteiger partial charge in [-0.25, -0.2) is 0 Å². The minimum absolute atomic E-state index is 0.268. The molecule has 4 nitrogen and oxygen atoms in total. The van der Waals surface area contributed by atoms with Crippen molar-refractivity contribution in [2.75, 3.05) is 6.61 Å². The molecule has 0 atom stereocenters. The van der Waals surface area contributed by atoms with Crippen LogP contribution in [0.1, 0.15) is 26.2 Å². The fourth-order valence-electron chi connectivity index (χ4n) is 0.599. The number of carbonyl (C=O) groups excluding carboxylic acids is 1. The van der Waals surface area contributed by atoms with Crippen molar-refractivity contribution in [3.63, 3.8) is 0 Å². The third-order valence-corrected chi connectivity index (χ3v) is 1.20. The van der Waals surface area contributed by atoms with Gasteiger partial charge in [-0.15, -0.1) is 0 Å². The first-order chi connectivity index (χ1) is 5.18. The predicted molar refractivity (Wildman–Crippen MR) is 41.1 cm³/mol. The average Bonchev–Trinajstić information content (AvgIpc) is 1.97. The standard InChI is InChI=1S/C6H13BO4/c1-2-3-4-5-11-6(8)7(9)10/h9-10H,2-5H2,1H3. The second-order valence-corrected chi connectivity index (χ2v) is 2.25. The zero-order chi connectivity index (χ0) is 8.69. The highest BCUT2D eigenvalue weighted by Crippen LogP contribution is 1.95. The van der Waals surface area contributed by atoms with Gasteiger partial charge in [-0.2, -0.15) is 0 Å². The van der Waals surface area contributed by atoms with Gasteiger partial charge in [0, 0.05) is 0 Å². The van der Waals surface area contributed by atoms with Crippen LogP contribution in [0.15, 0.2) is 0 Å². The molecule has 0 saturated heterocycles. The van der Waals surface area contributed by atoms with E-state index in [1.165, 1.54) is 0 Å². The minimum Gasteiger partial charge on any atom is -0.469 e. The molecule has 0 aliphatic carbocycles. The zero-order valence-electron chi connectivity index (χ0n) is 6.62. The molecule has 0 radical (unpaired) electrons. The number of hydrogen-bond donors (Lipinski definition) is 2. The average molecular weight is 160 g/mol. The van der Waals surface area contributed by atoms with Gasteiger partial charge >= 0.3 is 13.0 Å². The summed E-state index contributed by atoms with van der Waals surface area (Å²) < 4.78 is 4.47. The van der Waals surface area contributed by atoms with Crippen molar-refractivity contribution in [1.82, 2.24) is 0 Å². The Kier molecular flexibility index (Phi) is 5.88. The molecule has 0 heterocycles. The first-order valence-electron chi connectivity index (χ1n) is 3.71. The van der Waals surface area contributed by atoms with E-state index in [1.54, 1.807) is 0 Å². The first kappa shape index (κ1) is 10.5. The SMILES string of the molecule is CCCCCOC(=O)B(O)O. The number of rotatable bonds is 5. The summed E-state index contributed by atoms with van der Waals surface area (Å²) in [5.41, 5.74) is 0. The molecule has 0 bridgehead atoms. The van der Waals surface area contributed by atoms with Gasteiger partial charge in [0.05, 0.1) is 6.61 Å². The molecule has 0 rings (SSSR count). The number of hydrogen-bond acceptors (Lipinski definition) is 4. The summed E-state index contributed by atoms with van der Waals surface area (Å²) in [5, 5.41) is 16.5. The van der Waals surface area contributed by atoms with Crippen molar-refractivity contribution >= 4 is 13.0 Å². The van der Waals surface area contributed by atoms with E-state index < -0.39 is 13.0 Å². The molecule has 0 fully saturated rings. The number of unbranched alkanes of at least 4 members (excludes halogenated alkanes) is 2. The van der Waals surface area contributed by atoms with E-state index >= 15 is 0 Å². The zero-order valence-corrected chi connectivity index (χ0v) is 6.62. The summed E-state index contributed by atoms with van der Waals surface area (Å²) >= 11 is 0. The van der Waals surface area contributed by atoms with Crippen LogP contribution in [-0.2, 0) is 4.74 Å². The number of ether oxygens (including phenoxy) is 1. The summed E-state index contributed by atoms with van der Waals surface area (Å²) in [5.74, 6) is -0.971. The lowest BCUT2D eigenvalue weighted by molar-refractivity contribution is 0.159. The monoisotopic (exact) mass is 160 g/mol. The maximum Gasteiger partial charge on any atom is 0.579 e. The third kappa shape index (κ3) is 5.88. The summed E-state index contributed by atoms with van der Waals surface area (Å²) in [6.45, 7) is 2.30. The van der Waals surface area contributed by atoms with Crippen LogP contribution in [0.4, 0.5) is 4.79 Å². The van der Waals surface area contributed by atoms with E-state index in [-0.39, 0.29) is 6.61 Å². The van der Waals surface area contributed by atoms with Gasteiger partial charge in [0.25, 0.3) is 0 Å². The lowest BCUT2D eigenvalue weighted by Gasteiger charge is -2.01. The van der Waals surface area contributed by atoms with Crippen LogP contribution in [0.5, 0.6) is 0 Å². The third-order valence-electron chi connectivity index (χ3n) is 1.20. The van der Waals surface area contributed by atoms with Crippen molar-refractivity contribution in [3.05, 3.63) is 0 Å². The molecule has 0 aliphatic rings. The van der Waals surface area contributed by atoms with Gasteiger partial charge in [-0.05, 0) is 6.42 Å². The van der Waals surface area contributed by atoms with Crippen LogP contribution in [0.2, 0.25) is 0 Å². The molecule has 64 valence electrons. The molecule has 0 aromatic heterocycles. The number of carbonyl (C=O) groups is 1. The van der Waals surface area contributed by atoms with Crippen LogP contribution in [0, 0.1) is 0 Å². The Morgan fingerprint density at radius 1 is 1.45 bits per heavy atom. The van der Waals surface area contributed by atoms with E-state index in [2.05, 4.69) is 4.74 Å². The van der Waals surface area contributed by atoms with Gasteiger partial charge in [-0.3, -0.25) is 4.79 Å². The maximum absolute atomic E-state index is 10.4. The Hall–Kier alpha value is -0.545. The smallest absolute Gasteiger partial charge is 0.469 e. The molecule has 0 amide bonds. The van der Waals surface area contributed by atoms with Crippen molar-refractivity contribution in [2.45, 2.75) is 26.2 Å². The first-order valence-corrected chi connectivity index (χ1v) is 3.71. The Bertz CT molecular complexity index is 115. The van der Waals surface area contributed by atoms with E-state index in [0.717, 1.165) is 19.3 Å². The quantitative estimate of drug-likeness (QED) is 0.450. The topological polar surface area (TPSA) is 66.8 Å². The molecular formula is C6H13BO4. The normalized spacial score (nSPS) is 9.36. The van der Waals surface area contributed by atoms with E-state index in [0.29, 0.717) is 0 Å².